The minimum Gasteiger partial charge on any atom is -0.400 e. The van der Waals surface area contributed by atoms with Crippen LogP contribution in [0.3, 0.4) is 0 Å². The number of pyridine rings is 1. The molecule has 0 bridgehead atoms. The van der Waals surface area contributed by atoms with Crippen molar-refractivity contribution in [2.24, 2.45) is 0 Å². The highest BCUT2D eigenvalue weighted by atomic mass is 16.7. The zero-order valence-electron chi connectivity index (χ0n) is 12.1. The fourth-order valence-electron chi connectivity index (χ4n) is 2.51. The van der Waals surface area contributed by atoms with E-state index < -0.39 is 0 Å². The summed E-state index contributed by atoms with van der Waals surface area (Å²) < 4.78 is 12.2. The number of fused-ring (bicyclic) bond motifs is 1. The van der Waals surface area contributed by atoms with Crippen LogP contribution in [-0.2, 0) is 22.2 Å². The largest absolute Gasteiger partial charge is 0.490 e. The first-order chi connectivity index (χ1) is 8.89. The van der Waals surface area contributed by atoms with Gasteiger partial charge < -0.3 is 9.31 Å². The molecule has 1 saturated heterocycles. The summed E-state index contributed by atoms with van der Waals surface area (Å²) in [5, 5.41) is 0. The number of nitrogens with zero attached hydrogens (tertiary/aromatic N) is 1. The maximum absolute atomic E-state index is 6.11. The van der Waals surface area contributed by atoms with Gasteiger partial charge in [-0.25, -0.2) is 0 Å². The standard InChI is InChI=1S/C15H20BNO2/c1-14(2)15(3,4)19-16(18-14)12-7-8-13-11(10-12)6-5-9-17-13/h5-7,9H,8,10H2,1-4H3. The van der Waals surface area contributed by atoms with E-state index in [1.807, 2.05) is 12.3 Å². The van der Waals surface area contributed by atoms with E-state index in [1.165, 1.54) is 16.7 Å². The third-order valence-corrected chi connectivity index (χ3v) is 4.49. The Bertz CT molecular complexity index is 521. The zero-order chi connectivity index (χ0) is 13.7. The second-order valence-corrected chi connectivity index (χ2v) is 6.36. The van der Waals surface area contributed by atoms with Gasteiger partial charge in [0, 0.05) is 18.3 Å². The monoisotopic (exact) mass is 257 g/mol. The lowest BCUT2D eigenvalue weighted by Crippen LogP contribution is -2.41. The number of hydrogen-bond acceptors (Lipinski definition) is 3. The van der Waals surface area contributed by atoms with E-state index in [0.717, 1.165) is 12.8 Å². The summed E-state index contributed by atoms with van der Waals surface area (Å²) in [6, 6.07) is 4.13. The van der Waals surface area contributed by atoms with E-state index in [4.69, 9.17) is 9.31 Å². The van der Waals surface area contributed by atoms with Crippen LogP contribution in [0.4, 0.5) is 0 Å². The van der Waals surface area contributed by atoms with Gasteiger partial charge >= 0.3 is 7.12 Å². The van der Waals surface area contributed by atoms with Gasteiger partial charge in [-0.05, 0) is 51.2 Å². The van der Waals surface area contributed by atoms with Gasteiger partial charge in [-0.1, -0.05) is 12.1 Å². The molecule has 0 aromatic carbocycles. The number of allylic oxidation sites excluding steroid dienone is 2. The van der Waals surface area contributed by atoms with Crippen LogP contribution >= 0.6 is 0 Å². The van der Waals surface area contributed by atoms with Crippen LogP contribution in [0.25, 0.3) is 0 Å². The fraction of sp³-hybridized carbons (Fsp3) is 0.533. The molecule has 19 heavy (non-hydrogen) atoms. The molecule has 0 amide bonds. The average Bonchev–Trinajstić information content (AvgIpc) is 2.58. The van der Waals surface area contributed by atoms with Crippen LogP contribution in [0.2, 0.25) is 0 Å². The van der Waals surface area contributed by atoms with Crippen LogP contribution in [0, 0.1) is 0 Å². The smallest absolute Gasteiger partial charge is 0.400 e. The summed E-state index contributed by atoms with van der Waals surface area (Å²) >= 11 is 0. The predicted molar refractivity (Wildman–Crippen MR) is 75.8 cm³/mol. The molecule has 4 heteroatoms. The molecular formula is C15H20BNO2. The van der Waals surface area contributed by atoms with Crippen LogP contribution in [0.1, 0.15) is 39.0 Å². The third kappa shape index (κ3) is 2.13. The van der Waals surface area contributed by atoms with E-state index in [9.17, 15) is 0 Å². The Kier molecular flexibility index (Phi) is 2.84. The minimum atomic E-state index is -0.270. The first kappa shape index (κ1) is 12.9. The van der Waals surface area contributed by atoms with Crippen molar-refractivity contribution in [2.75, 3.05) is 0 Å². The molecule has 1 aromatic heterocycles. The summed E-state index contributed by atoms with van der Waals surface area (Å²) in [4.78, 5) is 4.41. The van der Waals surface area contributed by atoms with Gasteiger partial charge in [0.2, 0.25) is 0 Å². The zero-order valence-corrected chi connectivity index (χ0v) is 12.1. The average molecular weight is 257 g/mol. The Morgan fingerprint density at radius 1 is 1.16 bits per heavy atom. The molecule has 100 valence electrons. The van der Waals surface area contributed by atoms with Crippen molar-refractivity contribution < 1.29 is 9.31 Å². The molecule has 1 aliphatic carbocycles. The molecule has 0 atom stereocenters. The Labute approximate surface area is 115 Å². The van der Waals surface area contributed by atoms with Crippen molar-refractivity contribution in [1.82, 2.24) is 4.98 Å². The first-order valence-corrected chi connectivity index (χ1v) is 6.86. The van der Waals surface area contributed by atoms with Crippen LogP contribution in [0.5, 0.6) is 0 Å². The Balaban J connectivity index is 1.82. The van der Waals surface area contributed by atoms with E-state index in [-0.39, 0.29) is 18.3 Å². The van der Waals surface area contributed by atoms with Crippen LogP contribution < -0.4 is 0 Å². The number of rotatable bonds is 1. The van der Waals surface area contributed by atoms with Crippen molar-refractivity contribution in [1.29, 1.82) is 0 Å². The number of hydrogen-bond donors (Lipinski definition) is 0. The Morgan fingerprint density at radius 2 is 1.84 bits per heavy atom. The molecule has 2 aliphatic rings. The predicted octanol–water partition coefficient (Wildman–Crippen LogP) is 2.74. The molecule has 0 saturated carbocycles. The maximum atomic E-state index is 6.11. The van der Waals surface area contributed by atoms with E-state index in [0.29, 0.717) is 0 Å². The van der Waals surface area contributed by atoms with Gasteiger partial charge in [0.15, 0.2) is 0 Å². The van der Waals surface area contributed by atoms with E-state index in [1.54, 1.807) is 0 Å². The highest BCUT2D eigenvalue weighted by Gasteiger charge is 2.52. The third-order valence-electron chi connectivity index (χ3n) is 4.49. The summed E-state index contributed by atoms with van der Waals surface area (Å²) in [5.41, 5.74) is 3.14. The van der Waals surface area contributed by atoms with Gasteiger partial charge in [-0.3, -0.25) is 4.98 Å². The quantitative estimate of drug-likeness (QED) is 0.725. The van der Waals surface area contributed by atoms with Gasteiger partial charge in [-0.2, -0.15) is 0 Å². The second-order valence-electron chi connectivity index (χ2n) is 6.36. The summed E-state index contributed by atoms with van der Waals surface area (Å²) in [5.74, 6) is 0. The second kappa shape index (κ2) is 4.19. The number of aromatic nitrogens is 1. The molecule has 0 N–H and O–H groups in total. The molecule has 1 aromatic rings. The van der Waals surface area contributed by atoms with Gasteiger partial charge in [0.25, 0.3) is 0 Å². The molecule has 3 nitrogen and oxygen atoms in total. The van der Waals surface area contributed by atoms with E-state index >= 15 is 0 Å². The topological polar surface area (TPSA) is 31.4 Å². The lowest BCUT2D eigenvalue weighted by molar-refractivity contribution is 0.00578. The molecule has 3 rings (SSSR count). The summed E-state index contributed by atoms with van der Waals surface area (Å²) in [7, 11) is -0.224. The highest BCUT2D eigenvalue weighted by molar-refractivity contribution is 6.54. The van der Waals surface area contributed by atoms with Gasteiger partial charge in [-0.15, -0.1) is 0 Å². The van der Waals surface area contributed by atoms with Gasteiger partial charge in [0.05, 0.1) is 11.2 Å². The van der Waals surface area contributed by atoms with E-state index in [2.05, 4.69) is 44.8 Å². The molecular weight excluding hydrogens is 237 g/mol. The fourth-order valence-corrected chi connectivity index (χ4v) is 2.51. The summed E-state index contributed by atoms with van der Waals surface area (Å²) in [6.45, 7) is 8.36. The van der Waals surface area contributed by atoms with Crippen molar-refractivity contribution in [3.8, 4) is 0 Å². The van der Waals surface area contributed by atoms with Crippen LogP contribution in [0.15, 0.2) is 29.9 Å². The SMILES string of the molecule is CC1(C)OB(C2=CCc3ncccc3C2)OC1(C)C. The Hall–Kier alpha value is -1.13. The highest BCUT2D eigenvalue weighted by Crippen LogP contribution is 2.39. The molecule has 1 fully saturated rings. The summed E-state index contributed by atoms with van der Waals surface area (Å²) in [6.07, 6.45) is 5.81. The normalized spacial score (nSPS) is 24.0. The van der Waals surface area contributed by atoms with Crippen molar-refractivity contribution in [2.45, 2.75) is 51.7 Å². The molecule has 0 radical (unpaired) electrons. The lowest BCUT2D eigenvalue weighted by atomic mass is 9.72. The molecule has 0 spiro atoms. The Morgan fingerprint density at radius 3 is 2.53 bits per heavy atom. The first-order valence-electron chi connectivity index (χ1n) is 6.86. The minimum absolute atomic E-state index is 0.224. The van der Waals surface area contributed by atoms with Crippen molar-refractivity contribution in [3.05, 3.63) is 41.1 Å². The van der Waals surface area contributed by atoms with Gasteiger partial charge in [0.1, 0.15) is 0 Å². The maximum Gasteiger partial charge on any atom is 0.490 e. The molecule has 2 heterocycles. The molecule has 1 aliphatic heterocycles. The molecule has 0 unspecified atom stereocenters. The van der Waals surface area contributed by atoms with Crippen molar-refractivity contribution in [3.63, 3.8) is 0 Å². The lowest BCUT2D eigenvalue weighted by Gasteiger charge is -2.32. The van der Waals surface area contributed by atoms with Crippen LogP contribution in [-0.4, -0.2) is 23.3 Å². The van der Waals surface area contributed by atoms with Crippen molar-refractivity contribution >= 4 is 7.12 Å².